The third-order valence-electron chi connectivity index (χ3n) is 1.57. The lowest BCUT2D eigenvalue weighted by atomic mass is 10.3. The van der Waals surface area contributed by atoms with Gasteiger partial charge in [-0.2, -0.15) is 0 Å². The highest BCUT2D eigenvalue weighted by molar-refractivity contribution is 14.1. The minimum atomic E-state index is -0.519. The Labute approximate surface area is 111 Å². The van der Waals surface area contributed by atoms with Crippen molar-refractivity contribution < 1.29 is 4.79 Å². The molecule has 0 aromatic heterocycles. The fourth-order valence-electron chi connectivity index (χ4n) is 0.863. The van der Waals surface area contributed by atoms with Crippen LogP contribution >= 0.6 is 45.8 Å². The topological polar surface area (TPSA) is 29.1 Å². The summed E-state index contributed by atoms with van der Waals surface area (Å²) < 4.78 is -0.519. The Morgan fingerprint density at radius 1 is 1.53 bits per heavy atom. The van der Waals surface area contributed by atoms with Crippen LogP contribution in [0.1, 0.15) is 0 Å². The van der Waals surface area contributed by atoms with Crippen molar-refractivity contribution in [1.82, 2.24) is 0 Å². The van der Waals surface area contributed by atoms with Crippen molar-refractivity contribution in [2.24, 2.45) is 0 Å². The molecule has 0 saturated heterocycles. The first-order valence-corrected chi connectivity index (χ1v) is 5.91. The van der Waals surface area contributed by atoms with Gasteiger partial charge in [0.05, 0.1) is 10.7 Å². The lowest BCUT2D eigenvalue weighted by Gasteiger charge is -2.08. The van der Waals surface area contributed by atoms with Gasteiger partial charge in [-0.25, -0.2) is 0 Å². The van der Waals surface area contributed by atoms with Crippen LogP contribution in [0, 0.1) is 12.3 Å². The van der Waals surface area contributed by atoms with Crippen molar-refractivity contribution in [3.63, 3.8) is 0 Å². The second kappa shape index (κ2) is 5.59. The lowest BCUT2D eigenvalue weighted by Crippen LogP contribution is -2.21. The van der Waals surface area contributed by atoms with E-state index in [0.29, 0.717) is 15.7 Å². The molecule has 0 aliphatic carbocycles. The number of terminal acetylenes is 1. The summed E-state index contributed by atoms with van der Waals surface area (Å²) >= 11 is 13.4. The third-order valence-corrected chi connectivity index (χ3v) is 3.04. The summed E-state index contributed by atoms with van der Waals surface area (Å²) in [5.41, 5.74) is 0.503. The van der Waals surface area contributed by atoms with Crippen LogP contribution in [0.3, 0.4) is 0 Å². The van der Waals surface area contributed by atoms with Crippen LogP contribution in [0.4, 0.5) is 5.69 Å². The van der Waals surface area contributed by atoms with Crippen LogP contribution in [0.2, 0.25) is 10.0 Å². The molecule has 5 heteroatoms. The fraction of sp³-hybridized carbons (Fsp3) is 0.100. The Bertz CT molecular complexity index is 428. The molecule has 1 aromatic carbocycles. The van der Waals surface area contributed by atoms with E-state index in [1.54, 1.807) is 18.2 Å². The summed E-state index contributed by atoms with van der Waals surface area (Å²) in [6.45, 7) is 0. The van der Waals surface area contributed by atoms with E-state index in [9.17, 15) is 4.79 Å². The van der Waals surface area contributed by atoms with E-state index < -0.39 is 3.92 Å². The standard InChI is InChI=1S/C10H6Cl2INO/c1-2-8(13)10(15)14-9-4-3-6(11)5-7(9)12/h1,3-5,8H,(H,14,15). The second-order valence-corrected chi connectivity index (χ2v) is 4.73. The number of nitrogens with one attached hydrogen (secondary N) is 1. The molecule has 1 N–H and O–H groups in total. The van der Waals surface area contributed by atoms with Crippen molar-refractivity contribution in [2.45, 2.75) is 3.92 Å². The van der Waals surface area contributed by atoms with Gasteiger partial charge in [0.25, 0.3) is 0 Å². The van der Waals surface area contributed by atoms with E-state index in [1.807, 2.05) is 22.6 Å². The van der Waals surface area contributed by atoms with Gasteiger partial charge < -0.3 is 5.32 Å². The number of benzene rings is 1. The third kappa shape index (κ3) is 3.56. The quantitative estimate of drug-likeness (QED) is 0.493. The molecule has 0 heterocycles. The maximum atomic E-state index is 11.4. The van der Waals surface area contributed by atoms with Crippen molar-refractivity contribution in [3.05, 3.63) is 28.2 Å². The van der Waals surface area contributed by atoms with E-state index in [-0.39, 0.29) is 5.91 Å². The van der Waals surface area contributed by atoms with Crippen molar-refractivity contribution in [3.8, 4) is 12.3 Å². The zero-order valence-electron chi connectivity index (χ0n) is 7.43. The lowest BCUT2D eigenvalue weighted by molar-refractivity contribution is -0.114. The number of hydrogen-bond donors (Lipinski definition) is 1. The number of alkyl halides is 1. The molecule has 0 aliphatic rings. The predicted octanol–water partition coefficient (Wildman–Crippen LogP) is 3.37. The van der Waals surface area contributed by atoms with Crippen molar-refractivity contribution >= 4 is 57.4 Å². The molecule has 15 heavy (non-hydrogen) atoms. The summed E-state index contributed by atoms with van der Waals surface area (Å²) in [6, 6.07) is 4.82. The van der Waals surface area contributed by atoms with Crippen molar-refractivity contribution in [2.75, 3.05) is 5.32 Å². The Morgan fingerprint density at radius 2 is 2.20 bits per heavy atom. The summed E-state index contributed by atoms with van der Waals surface area (Å²) in [4.78, 5) is 11.4. The number of rotatable bonds is 2. The zero-order valence-corrected chi connectivity index (χ0v) is 11.1. The van der Waals surface area contributed by atoms with Crippen LogP contribution < -0.4 is 5.32 Å². The smallest absolute Gasteiger partial charge is 0.249 e. The molecule has 0 saturated carbocycles. The van der Waals surface area contributed by atoms with E-state index in [4.69, 9.17) is 29.6 Å². The highest BCUT2D eigenvalue weighted by Gasteiger charge is 2.12. The summed E-state index contributed by atoms with van der Waals surface area (Å²) in [7, 11) is 0. The Morgan fingerprint density at radius 3 is 2.73 bits per heavy atom. The first-order valence-electron chi connectivity index (χ1n) is 3.90. The van der Waals surface area contributed by atoms with E-state index in [0.717, 1.165) is 0 Å². The van der Waals surface area contributed by atoms with Gasteiger partial charge in [0.1, 0.15) is 0 Å². The molecule has 0 fully saturated rings. The number of carbonyl (C=O) groups is 1. The zero-order chi connectivity index (χ0) is 11.4. The van der Waals surface area contributed by atoms with Gasteiger partial charge in [0.15, 0.2) is 3.92 Å². The van der Waals surface area contributed by atoms with Gasteiger partial charge in [-0.1, -0.05) is 51.7 Å². The average molecular weight is 354 g/mol. The molecular formula is C10H6Cl2INO. The first kappa shape index (κ1) is 12.6. The van der Waals surface area contributed by atoms with E-state index in [2.05, 4.69) is 11.2 Å². The van der Waals surface area contributed by atoms with Crippen molar-refractivity contribution in [1.29, 1.82) is 0 Å². The maximum Gasteiger partial charge on any atom is 0.249 e. The Hall–Kier alpha value is -0.440. The van der Waals surface area contributed by atoms with Gasteiger partial charge in [-0.15, -0.1) is 6.42 Å². The molecule has 1 unspecified atom stereocenters. The molecule has 0 bridgehead atoms. The van der Waals surface area contributed by atoms with Gasteiger partial charge in [-0.05, 0) is 18.2 Å². The normalized spacial score (nSPS) is 11.6. The summed E-state index contributed by atoms with van der Waals surface area (Å²) in [5, 5.41) is 3.51. The van der Waals surface area contributed by atoms with Crippen LogP contribution in [0.25, 0.3) is 0 Å². The molecule has 0 aliphatic heterocycles. The monoisotopic (exact) mass is 353 g/mol. The summed E-state index contributed by atoms with van der Waals surface area (Å²) in [5.74, 6) is 2.05. The molecule has 0 spiro atoms. The molecule has 1 atom stereocenters. The second-order valence-electron chi connectivity index (χ2n) is 2.64. The summed E-state index contributed by atoms with van der Waals surface area (Å²) in [6.07, 6.45) is 5.12. The fourth-order valence-corrected chi connectivity index (χ4v) is 1.47. The number of halogens is 3. The van der Waals surface area contributed by atoms with E-state index >= 15 is 0 Å². The van der Waals surface area contributed by atoms with Gasteiger partial charge in [-0.3, -0.25) is 4.79 Å². The van der Waals surface area contributed by atoms with Crippen LogP contribution in [-0.4, -0.2) is 9.83 Å². The van der Waals surface area contributed by atoms with E-state index in [1.165, 1.54) is 0 Å². The number of carbonyl (C=O) groups excluding carboxylic acids is 1. The maximum absolute atomic E-state index is 11.4. The number of anilines is 1. The van der Waals surface area contributed by atoms with Crippen LogP contribution in [0.5, 0.6) is 0 Å². The first-order chi connectivity index (χ1) is 7.04. The molecule has 0 radical (unpaired) electrons. The molecule has 1 amide bonds. The number of amides is 1. The van der Waals surface area contributed by atoms with Gasteiger partial charge in [0, 0.05) is 5.02 Å². The molecular weight excluding hydrogens is 348 g/mol. The average Bonchev–Trinajstić information content (AvgIpc) is 2.20. The molecule has 1 rings (SSSR count). The van der Waals surface area contributed by atoms with Gasteiger partial charge in [0.2, 0.25) is 5.91 Å². The SMILES string of the molecule is C#CC(I)C(=O)Nc1ccc(Cl)cc1Cl. The molecule has 78 valence electrons. The Kier molecular flexibility index (Phi) is 4.71. The Balaban J connectivity index is 2.82. The van der Waals surface area contributed by atoms with Crippen LogP contribution in [0.15, 0.2) is 18.2 Å². The largest absolute Gasteiger partial charge is 0.323 e. The highest BCUT2D eigenvalue weighted by Crippen LogP contribution is 2.25. The minimum Gasteiger partial charge on any atom is -0.323 e. The number of hydrogen-bond acceptors (Lipinski definition) is 1. The van der Waals surface area contributed by atoms with Gasteiger partial charge >= 0.3 is 0 Å². The van der Waals surface area contributed by atoms with Crippen LogP contribution in [-0.2, 0) is 4.79 Å². The molecule has 2 nitrogen and oxygen atoms in total. The molecule has 1 aromatic rings. The predicted molar refractivity (Wildman–Crippen MR) is 71.7 cm³/mol. The highest BCUT2D eigenvalue weighted by atomic mass is 127. The minimum absolute atomic E-state index is 0.276.